The molecule has 54 valence electrons. The summed E-state index contributed by atoms with van der Waals surface area (Å²) in [6, 6.07) is 1.69. The molecule has 0 amide bonds. The Balaban J connectivity index is 3.42. The SMILES string of the molecule is C=C(C)COC(=O)CC#N. The highest BCUT2D eigenvalue weighted by molar-refractivity contribution is 5.71. The van der Waals surface area contributed by atoms with E-state index in [1.165, 1.54) is 0 Å². The summed E-state index contributed by atoms with van der Waals surface area (Å²) >= 11 is 0. The van der Waals surface area contributed by atoms with Crippen molar-refractivity contribution in [1.29, 1.82) is 5.26 Å². The van der Waals surface area contributed by atoms with Crippen molar-refractivity contribution < 1.29 is 9.53 Å². The van der Waals surface area contributed by atoms with Crippen molar-refractivity contribution in [2.75, 3.05) is 6.61 Å². The Hall–Kier alpha value is -1.30. The van der Waals surface area contributed by atoms with Gasteiger partial charge in [0.25, 0.3) is 0 Å². The molecular weight excluding hydrogens is 130 g/mol. The van der Waals surface area contributed by atoms with Crippen LogP contribution in [-0.4, -0.2) is 12.6 Å². The molecule has 0 aromatic rings. The quantitative estimate of drug-likeness (QED) is 0.433. The number of nitrogens with zero attached hydrogens (tertiary/aromatic N) is 1. The lowest BCUT2D eigenvalue weighted by Gasteiger charge is -1.99. The van der Waals surface area contributed by atoms with Crippen molar-refractivity contribution in [2.45, 2.75) is 13.3 Å². The van der Waals surface area contributed by atoms with Crippen LogP contribution in [0.25, 0.3) is 0 Å². The zero-order valence-electron chi connectivity index (χ0n) is 5.89. The van der Waals surface area contributed by atoms with Crippen LogP contribution in [0.1, 0.15) is 13.3 Å². The fourth-order valence-corrected chi connectivity index (χ4v) is 0.319. The number of hydrogen-bond donors (Lipinski definition) is 0. The van der Waals surface area contributed by atoms with Gasteiger partial charge < -0.3 is 4.74 Å². The molecule has 0 heterocycles. The molecule has 10 heavy (non-hydrogen) atoms. The van der Waals surface area contributed by atoms with Gasteiger partial charge in [0, 0.05) is 0 Å². The summed E-state index contributed by atoms with van der Waals surface area (Å²) in [5, 5.41) is 8.03. The van der Waals surface area contributed by atoms with E-state index in [9.17, 15) is 4.79 Å². The topological polar surface area (TPSA) is 50.1 Å². The van der Waals surface area contributed by atoms with E-state index in [0.29, 0.717) is 0 Å². The van der Waals surface area contributed by atoms with Crippen LogP contribution in [-0.2, 0) is 9.53 Å². The van der Waals surface area contributed by atoms with E-state index in [4.69, 9.17) is 5.26 Å². The third kappa shape index (κ3) is 4.85. The van der Waals surface area contributed by atoms with Crippen molar-refractivity contribution in [3.8, 4) is 6.07 Å². The second kappa shape index (κ2) is 4.57. The monoisotopic (exact) mass is 139 g/mol. The predicted molar refractivity (Wildman–Crippen MR) is 36.0 cm³/mol. The lowest BCUT2D eigenvalue weighted by atomic mass is 10.4. The van der Waals surface area contributed by atoms with E-state index in [1.807, 2.05) is 0 Å². The van der Waals surface area contributed by atoms with E-state index in [-0.39, 0.29) is 13.0 Å². The summed E-state index contributed by atoms with van der Waals surface area (Å²) in [6.07, 6.45) is -0.187. The number of ether oxygens (including phenoxy) is 1. The first-order valence-corrected chi connectivity index (χ1v) is 2.83. The minimum atomic E-state index is -0.495. The van der Waals surface area contributed by atoms with Crippen molar-refractivity contribution in [2.24, 2.45) is 0 Å². The maximum Gasteiger partial charge on any atom is 0.320 e. The number of esters is 1. The van der Waals surface area contributed by atoms with E-state index < -0.39 is 5.97 Å². The Morgan fingerprint density at radius 2 is 2.40 bits per heavy atom. The van der Waals surface area contributed by atoms with Gasteiger partial charge in [-0.25, -0.2) is 0 Å². The Labute approximate surface area is 59.9 Å². The van der Waals surface area contributed by atoms with Crippen molar-refractivity contribution in [3.05, 3.63) is 12.2 Å². The summed E-state index contributed by atoms with van der Waals surface area (Å²) in [5.74, 6) is -0.495. The van der Waals surface area contributed by atoms with E-state index in [2.05, 4.69) is 11.3 Å². The Kier molecular flexibility index (Phi) is 3.97. The van der Waals surface area contributed by atoms with Crippen LogP contribution in [0.5, 0.6) is 0 Å². The smallest absolute Gasteiger partial charge is 0.320 e. The highest BCUT2D eigenvalue weighted by Crippen LogP contribution is 1.90. The minimum absolute atomic E-state index is 0.187. The maximum atomic E-state index is 10.5. The largest absolute Gasteiger partial charge is 0.460 e. The van der Waals surface area contributed by atoms with Gasteiger partial charge in [-0.2, -0.15) is 5.26 Å². The second-order valence-electron chi connectivity index (χ2n) is 1.95. The van der Waals surface area contributed by atoms with Crippen molar-refractivity contribution in [3.63, 3.8) is 0 Å². The first-order chi connectivity index (χ1) is 4.66. The second-order valence-corrected chi connectivity index (χ2v) is 1.95. The fraction of sp³-hybridized carbons (Fsp3) is 0.429. The van der Waals surface area contributed by atoms with Gasteiger partial charge in [-0.05, 0) is 12.5 Å². The number of carbonyl (C=O) groups excluding carboxylic acids is 1. The summed E-state index contributed by atoms with van der Waals surface area (Å²) < 4.78 is 4.58. The summed E-state index contributed by atoms with van der Waals surface area (Å²) in [7, 11) is 0. The first kappa shape index (κ1) is 8.70. The Bertz CT molecular complexity index is 179. The van der Waals surface area contributed by atoms with Crippen LogP contribution in [0.2, 0.25) is 0 Å². The fourth-order valence-electron chi connectivity index (χ4n) is 0.319. The van der Waals surface area contributed by atoms with Gasteiger partial charge in [0.15, 0.2) is 0 Å². The third-order valence-electron chi connectivity index (χ3n) is 0.703. The average molecular weight is 139 g/mol. The minimum Gasteiger partial charge on any atom is -0.460 e. The highest BCUT2D eigenvalue weighted by Gasteiger charge is 1.99. The molecule has 0 fully saturated rings. The predicted octanol–water partition coefficient (Wildman–Crippen LogP) is 1.02. The molecule has 0 aliphatic carbocycles. The molecular formula is C7H9NO2. The molecule has 0 N–H and O–H groups in total. The standard InChI is InChI=1S/C7H9NO2/c1-6(2)5-10-7(9)3-4-8/h1,3,5H2,2H3. The molecule has 3 nitrogen and oxygen atoms in total. The van der Waals surface area contributed by atoms with Crippen LogP contribution >= 0.6 is 0 Å². The molecule has 0 bridgehead atoms. The molecule has 0 aliphatic rings. The maximum absolute atomic E-state index is 10.5. The number of rotatable bonds is 3. The van der Waals surface area contributed by atoms with Gasteiger partial charge >= 0.3 is 5.97 Å². The highest BCUT2D eigenvalue weighted by atomic mass is 16.5. The number of hydrogen-bond acceptors (Lipinski definition) is 3. The van der Waals surface area contributed by atoms with Crippen LogP contribution in [0.4, 0.5) is 0 Å². The lowest BCUT2D eigenvalue weighted by Crippen LogP contribution is -2.04. The average Bonchev–Trinajstić information content (AvgIpc) is 1.85. The van der Waals surface area contributed by atoms with Crippen LogP contribution < -0.4 is 0 Å². The zero-order valence-corrected chi connectivity index (χ0v) is 5.89. The van der Waals surface area contributed by atoms with Gasteiger partial charge in [-0.3, -0.25) is 4.79 Å². The van der Waals surface area contributed by atoms with Crippen LogP contribution in [0.15, 0.2) is 12.2 Å². The lowest BCUT2D eigenvalue weighted by molar-refractivity contribution is -0.141. The first-order valence-electron chi connectivity index (χ1n) is 2.83. The Morgan fingerprint density at radius 1 is 1.80 bits per heavy atom. The molecule has 0 radical (unpaired) electrons. The van der Waals surface area contributed by atoms with Gasteiger partial charge in [0.05, 0.1) is 6.07 Å². The molecule has 0 aromatic heterocycles. The molecule has 0 unspecified atom stereocenters. The zero-order chi connectivity index (χ0) is 7.98. The normalized spacial score (nSPS) is 8.00. The van der Waals surface area contributed by atoms with E-state index in [1.54, 1.807) is 13.0 Å². The molecule has 0 aliphatic heterocycles. The third-order valence-corrected chi connectivity index (χ3v) is 0.703. The number of carbonyl (C=O) groups is 1. The van der Waals surface area contributed by atoms with Crippen molar-refractivity contribution >= 4 is 5.97 Å². The molecule has 0 saturated carbocycles. The van der Waals surface area contributed by atoms with Gasteiger partial charge in [0.1, 0.15) is 13.0 Å². The molecule has 0 spiro atoms. The van der Waals surface area contributed by atoms with Gasteiger partial charge in [-0.1, -0.05) is 6.58 Å². The van der Waals surface area contributed by atoms with Gasteiger partial charge in [-0.15, -0.1) is 0 Å². The van der Waals surface area contributed by atoms with Crippen molar-refractivity contribution in [1.82, 2.24) is 0 Å². The molecule has 3 heteroatoms. The molecule has 0 rings (SSSR count). The van der Waals surface area contributed by atoms with E-state index in [0.717, 1.165) is 5.57 Å². The summed E-state index contributed by atoms with van der Waals surface area (Å²) in [4.78, 5) is 10.5. The molecule has 0 atom stereocenters. The van der Waals surface area contributed by atoms with Crippen LogP contribution in [0, 0.1) is 11.3 Å². The number of nitriles is 1. The molecule has 0 aromatic carbocycles. The summed E-state index contributed by atoms with van der Waals surface area (Å²) in [6.45, 7) is 5.49. The molecule has 0 saturated heterocycles. The van der Waals surface area contributed by atoms with Gasteiger partial charge in [0.2, 0.25) is 0 Å². The van der Waals surface area contributed by atoms with Crippen LogP contribution in [0.3, 0.4) is 0 Å². The Morgan fingerprint density at radius 3 is 2.80 bits per heavy atom. The van der Waals surface area contributed by atoms with E-state index >= 15 is 0 Å². The summed E-state index contributed by atoms with van der Waals surface area (Å²) in [5.41, 5.74) is 0.770.